The lowest BCUT2D eigenvalue weighted by atomic mass is 10.0. The Morgan fingerprint density at radius 3 is 2.65 bits per heavy atom. The highest BCUT2D eigenvalue weighted by Gasteiger charge is 2.41. The molecule has 4 nitrogen and oxygen atoms in total. The van der Waals surface area contributed by atoms with Gasteiger partial charge in [-0.3, -0.25) is 4.79 Å². The minimum absolute atomic E-state index is 0.251. The van der Waals surface area contributed by atoms with Crippen molar-refractivity contribution >= 4 is 17.0 Å². The topological polar surface area (TPSA) is 66.4 Å². The standard InChI is InChI=1S/C14H18FNO3S/c1-14(2,3)20(19)16-12-9(13(17)18)7-8-5-4-6-10(15)11(8)12/h4-6,9,12,16H,7H2,1-3H3,(H,17,18)/t9-,12+,20?/m0/s1. The molecule has 0 saturated carbocycles. The van der Waals surface area contributed by atoms with Gasteiger partial charge >= 0.3 is 5.97 Å². The van der Waals surface area contributed by atoms with Crippen molar-refractivity contribution in [1.82, 2.24) is 4.72 Å². The predicted octanol–water partition coefficient (Wildman–Crippen LogP) is 2.18. The Morgan fingerprint density at radius 2 is 2.10 bits per heavy atom. The monoisotopic (exact) mass is 299 g/mol. The number of rotatable bonds is 3. The van der Waals surface area contributed by atoms with E-state index in [0.717, 1.165) is 0 Å². The van der Waals surface area contributed by atoms with E-state index in [2.05, 4.69) is 4.72 Å². The lowest BCUT2D eigenvalue weighted by Crippen LogP contribution is -2.39. The van der Waals surface area contributed by atoms with Crippen LogP contribution in [-0.2, 0) is 22.2 Å². The minimum Gasteiger partial charge on any atom is -0.481 e. The highest BCUT2D eigenvalue weighted by Crippen LogP contribution is 2.38. The van der Waals surface area contributed by atoms with E-state index in [-0.39, 0.29) is 6.42 Å². The summed E-state index contributed by atoms with van der Waals surface area (Å²) in [5.74, 6) is -2.26. The highest BCUT2D eigenvalue weighted by molar-refractivity contribution is 7.84. The molecule has 1 aliphatic rings. The fraction of sp³-hybridized carbons (Fsp3) is 0.500. The first-order chi connectivity index (χ1) is 9.21. The molecule has 1 aliphatic carbocycles. The third-order valence-electron chi connectivity index (χ3n) is 3.40. The van der Waals surface area contributed by atoms with Crippen molar-refractivity contribution in [3.05, 3.63) is 35.1 Å². The molecule has 0 aliphatic heterocycles. The lowest BCUT2D eigenvalue weighted by Gasteiger charge is -2.24. The van der Waals surface area contributed by atoms with Crippen LogP contribution in [0.5, 0.6) is 0 Å². The lowest BCUT2D eigenvalue weighted by molar-refractivity contribution is -0.142. The molecule has 0 fully saturated rings. The van der Waals surface area contributed by atoms with Gasteiger partial charge in [0.2, 0.25) is 0 Å². The maximum atomic E-state index is 14.0. The van der Waals surface area contributed by atoms with Gasteiger partial charge in [-0.15, -0.1) is 0 Å². The SMILES string of the molecule is CC(C)(C)S(=O)N[C@H]1c2c(F)cccc2C[C@@H]1C(=O)O. The van der Waals surface area contributed by atoms with Gasteiger partial charge < -0.3 is 5.11 Å². The van der Waals surface area contributed by atoms with Crippen LogP contribution in [0.25, 0.3) is 0 Å². The summed E-state index contributed by atoms with van der Waals surface area (Å²) < 4.78 is 28.4. The molecule has 0 radical (unpaired) electrons. The second kappa shape index (κ2) is 5.26. The van der Waals surface area contributed by atoms with Gasteiger partial charge in [-0.2, -0.15) is 0 Å². The van der Waals surface area contributed by atoms with Crippen molar-refractivity contribution in [3.8, 4) is 0 Å². The third kappa shape index (κ3) is 2.76. The van der Waals surface area contributed by atoms with Crippen molar-refractivity contribution in [3.63, 3.8) is 0 Å². The number of aliphatic carboxylic acids is 1. The smallest absolute Gasteiger partial charge is 0.308 e. The molecule has 0 aromatic heterocycles. The van der Waals surface area contributed by atoms with Crippen molar-refractivity contribution < 1.29 is 18.5 Å². The fourth-order valence-electron chi connectivity index (χ4n) is 2.33. The Bertz CT molecular complexity index is 568. The number of carbonyl (C=O) groups is 1. The largest absolute Gasteiger partial charge is 0.481 e. The molecule has 110 valence electrons. The molecule has 6 heteroatoms. The van der Waals surface area contributed by atoms with Gasteiger partial charge in [-0.1, -0.05) is 12.1 Å². The molecule has 3 atom stereocenters. The van der Waals surface area contributed by atoms with E-state index < -0.39 is 39.5 Å². The molecule has 0 saturated heterocycles. The zero-order valence-corrected chi connectivity index (χ0v) is 12.5. The normalized spacial score (nSPS) is 23.4. The van der Waals surface area contributed by atoms with Crippen molar-refractivity contribution in [2.75, 3.05) is 0 Å². The number of halogens is 1. The number of carboxylic acid groups (broad SMARTS) is 1. The van der Waals surface area contributed by atoms with Crippen molar-refractivity contribution in [2.45, 2.75) is 38.0 Å². The molecule has 0 spiro atoms. The van der Waals surface area contributed by atoms with E-state index in [0.29, 0.717) is 11.1 Å². The van der Waals surface area contributed by atoms with Gasteiger partial charge in [-0.25, -0.2) is 13.3 Å². The van der Waals surface area contributed by atoms with Crippen LogP contribution in [-0.4, -0.2) is 20.0 Å². The Labute approximate surface area is 120 Å². The van der Waals surface area contributed by atoms with Crippen LogP contribution in [0.1, 0.15) is 37.9 Å². The number of benzene rings is 1. The number of hydrogen-bond donors (Lipinski definition) is 2. The highest BCUT2D eigenvalue weighted by atomic mass is 32.2. The Morgan fingerprint density at radius 1 is 1.45 bits per heavy atom. The van der Waals surface area contributed by atoms with E-state index >= 15 is 0 Å². The molecular weight excluding hydrogens is 281 g/mol. The van der Waals surface area contributed by atoms with Gasteiger partial charge in [0.15, 0.2) is 0 Å². The molecule has 0 heterocycles. The zero-order chi connectivity index (χ0) is 15.1. The van der Waals surface area contributed by atoms with Crippen LogP contribution < -0.4 is 4.72 Å². The second-order valence-corrected chi connectivity index (χ2v) is 7.94. The quantitative estimate of drug-likeness (QED) is 0.899. The van der Waals surface area contributed by atoms with Crippen LogP contribution in [0.15, 0.2) is 18.2 Å². The summed E-state index contributed by atoms with van der Waals surface area (Å²) in [6.45, 7) is 5.34. The molecule has 20 heavy (non-hydrogen) atoms. The molecule has 1 aromatic rings. The summed E-state index contributed by atoms with van der Waals surface area (Å²) in [6, 6.07) is 3.83. The van der Waals surface area contributed by atoms with E-state index in [9.17, 15) is 18.5 Å². The van der Waals surface area contributed by atoms with Crippen LogP contribution in [0.2, 0.25) is 0 Å². The first-order valence-corrected chi connectivity index (χ1v) is 7.55. The molecular formula is C14H18FNO3S. The van der Waals surface area contributed by atoms with Crippen LogP contribution in [0.3, 0.4) is 0 Å². The van der Waals surface area contributed by atoms with Gasteiger partial charge in [0.1, 0.15) is 5.82 Å². The van der Waals surface area contributed by atoms with E-state index in [1.54, 1.807) is 32.9 Å². The predicted molar refractivity (Wildman–Crippen MR) is 75.0 cm³/mol. The average molecular weight is 299 g/mol. The number of fused-ring (bicyclic) bond motifs is 1. The summed E-state index contributed by atoms with van der Waals surface area (Å²) >= 11 is 0. The minimum atomic E-state index is -1.46. The summed E-state index contributed by atoms with van der Waals surface area (Å²) in [5.41, 5.74) is 0.998. The van der Waals surface area contributed by atoms with Crippen molar-refractivity contribution in [1.29, 1.82) is 0 Å². The average Bonchev–Trinajstić information content (AvgIpc) is 2.68. The first-order valence-electron chi connectivity index (χ1n) is 6.40. The van der Waals surface area contributed by atoms with E-state index in [1.807, 2.05) is 0 Å². The fourth-order valence-corrected chi connectivity index (χ4v) is 3.19. The third-order valence-corrected chi connectivity index (χ3v) is 4.98. The Hall–Kier alpha value is -1.27. The van der Waals surface area contributed by atoms with Gasteiger partial charge in [0.05, 0.1) is 27.7 Å². The molecule has 0 bridgehead atoms. The zero-order valence-electron chi connectivity index (χ0n) is 11.6. The number of hydrogen-bond acceptors (Lipinski definition) is 2. The maximum absolute atomic E-state index is 14.0. The van der Waals surface area contributed by atoms with Crippen LogP contribution in [0.4, 0.5) is 4.39 Å². The van der Waals surface area contributed by atoms with Gasteiger partial charge in [-0.05, 0) is 38.8 Å². The summed E-state index contributed by atoms with van der Waals surface area (Å²) in [6.07, 6.45) is 0.251. The molecule has 1 unspecified atom stereocenters. The Kier molecular flexibility index (Phi) is 3.97. The molecule has 2 N–H and O–H groups in total. The van der Waals surface area contributed by atoms with Gasteiger partial charge in [0, 0.05) is 5.56 Å². The van der Waals surface area contributed by atoms with Crippen LogP contribution in [0, 0.1) is 11.7 Å². The van der Waals surface area contributed by atoms with Crippen LogP contribution >= 0.6 is 0 Å². The van der Waals surface area contributed by atoms with Gasteiger partial charge in [0.25, 0.3) is 0 Å². The summed E-state index contributed by atoms with van der Waals surface area (Å²) in [5, 5.41) is 9.30. The number of carboxylic acids is 1. The van der Waals surface area contributed by atoms with Crippen molar-refractivity contribution in [2.24, 2.45) is 5.92 Å². The number of nitrogens with one attached hydrogen (secondary N) is 1. The second-order valence-electron chi connectivity index (χ2n) is 5.94. The maximum Gasteiger partial charge on any atom is 0.308 e. The van der Waals surface area contributed by atoms with E-state index in [4.69, 9.17) is 0 Å². The molecule has 0 amide bonds. The Balaban J connectivity index is 2.38. The van der Waals surface area contributed by atoms with E-state index in [1.165, 1.54) is 6.07 Å². The molecule has 1 aromatic carbocycles. The summed E-state index contributed by atoms with van der Waals surface area (Å²) in [4.78, 5) is 11.4. The molecule has 2 rings (SSSR count). The summed E-state index contributed by atoms with van der Waals surface area (Å²) in [7, 11) is -1.46. The first kappa shape index (κ1) is 15.1.